The zero-order valence-electron chi connectivity index (χ0n) is 23.8. The highest BCUT2D eigenvalue weighted by Gasteiger charge is 2.53. The fourth-order valence-corrected chi connectivity index (χ4v) is 5.61. The Balaban J connectivity index is 1.71. The smallest absolute Gasteiger partial charge is 0.323 e. The van der Waals surface area contributed by atoms with Gasteiger partial charge in [0.15, 0.2) is 0 Å². The van der Waals surface area contributed by atoms with E-state index in [0.29, 0.717) is 30.9 Å². The number of nitrogens with one attached hydrogen (secondary N) is 1. The molecule has 2 aromatic heterocycles. The van der Waals surface area contributed by atoms with Gasteiger partial charge in [-0.1, -0.05) is 33.3 Å². The number of rotatable bonds is 10. The highest BCUT2D eigenvalue weighted by molar-refractivity contribution is 5.77. The largest absolute Gasteiger partial charge is 0.481 e. The van der Waals surface area contributed by atoms with Crippen molar-refractivity contribution in [3.05, 3.63) is 47.3 Å². The molecule has 2 aromatic rings. The lowest BCUT2D eigenvalue weighted by Crippen LogP contribution is -2.44. The fourth-order valence-electron chi connectivity index (χ4n) is 5.61. The molecule has 1 saturated heterocycles. The van der Waals surface area contributed by atoms with Gasteiger partial charge in [0.05, 0.1) is 38.6 Å². The molecule has 0 unspecified atom stereocenters. The van der Waals surface area contributed by atoms with Crippen molar-refractivity contribution in [2.75, 3.05) is 13.7 Å². The summed E-state index contributed by atoms with van der Waals surface area (Å²) in [6.45, 7) is 12.8. The first-order valence-electron chi connectivity index (χ1n) is 13.8. The molecule has 1 aliphatic carbocycles. The molecule has 4 rings (SSSR count). The molecule has 1 aliphatic heterocycles. The van der Waals surface area contributed by atoms with Crippen LogP contribution in [0.3, 0.4) is 0 Å². The maximum atomic E-state index is 13.2. The third-order valence-electron chi connectivity index (χ3n) is 7.57. The van der Waals surface area contributed by atoms with Crippen molar-refractivity contribution < 1.29 is 23.7 Å². The molecule has 2 fully saturated rings. The van der Waals surface area contributed by atoms with Gasteiger partial charge in [0.25, 0.3) is 0 Å². The fraction of sp³-hybridized carbons (Fsp3) is 0.633. The molecule has 0 spiro atoms. The average molecular weight is 526 g/mol. The average Bonchev–Trinajstić information content (AvgIpc) is 3.22. The molecule has 0 aromatic carbocycles. The first-order valence-corrected chi connectivity index (χ1v) is 13.8. The van der Waals surface area contributed by atoms with Crippen LogP contribution in [0.1, 0.15) is 89.5 Å². The number of methoxy groups -OCH3 is 1. The van der Waals surface area contributed by atoms with E-state index in [1.54, 1.807) is 13.3 Å². The predicted molar refractivity (Wildman–Crippen MR) is 145 cm³/mol. The Hall–Kier alpha value is -2.71. The molecule has 0 amide bonds. The van der Waals surface area contributed by atoms with Crippen molar-refractivity contribution >= 4 is 5.97 Å². The van der Waals surface area contributed by atoms with Gasteiger partial charge < -0.3 is 18.9 Å². The predicted octanol–water partition coefficient (Wildman–Crippen LogP) is 5.36. The third-order valence-corrected chi connectivity index (χ3v) is 7.57. The monoisotopic (exact) mass is 525 g/mol. The number of carbonyl (C=O) groups is 1. The molecule has 8 heteroatoms. The van der Waals surface area contributed by atoms with Crippen molar-refractivity contribution in [2.45, 2.75) is 97.6 Å². The molecule has 208 valence electrons. The molecular weight excluding hydrogens is 482 g/mol. The highest BCUT2D eigenvalue weighted by atomic mass is 16.5. The zero-order valence-corrected chi connectivity index (χ0v) is 23.8. The summed E-state index contributed by atoms with van der Waals surface area (Å²) in [5.74, 6) is 1.21. The van der Waals surface area contributed by atoms with E-state index >= 15 is 0 Å². The molecule has 2 aliphatic rings. The second-order valence-electron chi connectivity index (χ2n) is 11.7. The number of pyridine rings is 2. The van der Waals surface area contributed by atoms with Gasteiger partial charge in [-0.3, -0.25) is 10.1 Å². The molecule has 8 nitrogen and oxygen atoms in total. The van der Waals surface area contributed by atoms with E-state index < -0.39 is 6.04 Å². The van der Waals surface area contributed by atoms with Crippen molar-refractivity contribution in [2.24, 2.45) is 11.3 Å². The molecule has 0 bridgehead atoms. The summed E-state index contributed by atoms with van der Waals surface area (Å²) in [4.78, 5) is 22.3. The summed E-state index contributed by atoms with van der Waals surface area (Å²) in [6, 6.07) is 5.17. The first kappa shape index (κ1) is 28.3. The van der Waals surface area contributed by atoms with Crippen LogP contribution in [0.4, 0.5) is 0 Å². The number of hydrogen-bond donors (Lipinski definition) is 1. The van der Waals surface area contributed by atoms with Gasteiger partial charge in [-0.2, -0.15) is 0 Å². The third kappa shape index (κ3) is 6.12. The summed E-state index contributed by atoms with van der Waals surface area (Å²) in [7, 11) is 1.63. The van der Waals surface area contributed by atoms with Crippen LogP contribution < -0.4 is 14.8 Å². The lowest BCUT2D eigenvalue weighted by Gasteiger charge is -2.35. The van der Waals surface area contributed by atoms with Gasteiger partial charge in [-0.15, -0.1) is 0 Å². The SMILES string of the molecule is CCOC(=O)[C@H]1N[C@@H](c2cccnc2OC(C)C)[C@@H](OCc2cc(C3CCC3)cnc2OC)[C@@H]1C(C)(C)C. The van der Waals surface area contributed by atoms with Gasteiger partial charge in [-0.05, 0) is 62.6 Å². The summed E-state index contributed by atoms with van der Waals surface area (Å²) < 4.78 is 23.9. The van der Waals surface area contributed by atoms with Gasteiger partial charge in [-0.25, -0.2) is 9.97 Å². The summed E-state index contributed by atoms with van der Waals surface area (Å²) >= 11 is 0. The van der Waals surface area contributed by atoms with E-state index in [9.17, 15) is 4.79 Å². The Bertz CT molecular complexity index is 1100. The Morgan fingerprint density at radius 3 is 2.55 bits per heavy atom. The second kappa shape index (κ2) is 12.0. The van der Waals surface area contributed by atoms with Crippen LogP contribution in [0.15, 0.2) is 30.6 Å². The molecule has 38 heavy (non-hydrogen) atoms. The number of ether oxygens (including phenoxy) is 4. The van der Waals surface area contributed by atoms with Crippen molar-refractivity contribution in [3.8, 4) is 11.8 Å². The number of esters is 1. The van der Waals surface area contributed by atoms with Gasteiger partial charge >= 0.3 is 5.97 Å². The van der Waals surface area contributed by atoms with Gasteiger partial charge in [0, 0.05) is 29.4 Å². The zero-order chi connectivity index (χ0) is 27.4. The van der Waals surface area contributed by atoms with E-state index in [1.165, 1.54) is 24.8 Å². The lowest BCUT2D eigenvalue weighted by atomic mass is 9.73. The van der Waals surface area contributed by atoms with Crippen molar-refractivity contribution in [1.82, 2.24) is 15.3 Å². The van der Waals surface area contributed by atoms with Crippen LogP contribution in [-0.4, -0.2) is 47.9 Å². The Labute approximate surface area is 226 Å². The van der Waals surface area contributed by atoms with E-state index in [0.717, 1.165) is 11.1 Å². The topological polar surface area (TPSA) is 91.8 Å². The molecule has 1 N–H and O–H groups in total. The van der Waals surface area contributed by atoms with Crippen LogP contribution in [0.5, 0.6) is 11.8 Å². The lowest BCUT2D eigenvalue weighted by molar-refractivity contribution is -0.148. The quantitative estimate of drug-likeness (QED) is 0.414. The summed E-state index contributed by atoms with van der Waals surface area (Å²) in [6.07, 6.45) is 6.87. The second-order valence-corrected chi connectivity index (χ2v) is 11.7. The maximum Gasteiger partial charge on any atom is 0.323 e. The standard InChI is InChI=1S/C30H43N3O5/c1-8-36-29(34)25-23(30(4,5)6)26(24(33-25)22-13-10-14-31-28(22)38-18(2)3)37-17-21-15-20(19-11-9-12-19)16-32-27(21)35-7/h10,13-16,18-19,23-26,33H,8-9,11-12,17H2,1-7H3/t23-,24+,25+,26+/m1/s1. The minimum absolute atomic E-state index is 0.0479. The minimum Gasteiger partial charge on any atom is -0.481 e. The maximum absolute atomic E-state index is 13.2. The van der Waals surface area contributed by atoms with E-state index in [-0.39, 0.29) is 35.6 Å². The van der Waals surface area contributed by atoms with Crippen LogP contribution in [0.25, 0.3) is 0 Å². The first-order chi connectivity index (χ1) is 18.1. The molecule has 1 saturated carbocycles. The number of nitrogens with zero attached hydrogens (tertiary/aromatic N) is 2. The van der Waals surface area contributed by atoms with Gasteiger partial charge in [0.2, 0.25) is 11.8 Å². The van der Waals surface area contributed by atoms with E-state index in [1.807, 2.05) is 39.1 Å². The van der Waals surface area contributed by atoms with E-state index in [2.05, 4.69) is 42.1 Å². The van der Waals surface area contributed by atoms with Crippen LogP contribution in [0.2, 0.25) is 0 Å². The molecular formula is C30H43N3O5. The van der Waals surface area contributed by atoms with Crippen LogP contribution in [0, 0.1) is 11.3 Å². The number of aromatic nitrogens is 2. The Kier molecular flexibility index (Phi) is 8.93. The minimum atomic E-state index is -0.543. The normalized spacial score (nSPS) is 23.8. The molecule has 0 radical (unpaired) electrons. The Morgan fingerprint density at radius 2 is 1.95 bits per heavy atom. The molecule has 4 atom stereocenters. The number of hydrogen-bond acceptors (Lipinski definition) is 8. The Morgan fingerprint density at radius 1 is 1.18 bits per heavy atom. The van der Waals surface area contributed by atoms with E-state index in [4.69, 9.17) is 18.9 Å². The van der Waals surface area contributed by atoms with Crippen LogP contribution in [-0.2, 0) is 20.9 Å². The van der Waals surface area contributed by atoms with Crippen molar-refractivity contribution in [3.63, 3.8) is 0 Å². The summed E-state index contributed by atoms with van der Waals surface area (Å²) in [5.41, 5.74) is 2.74. The van der Waals surface area contributed by atoms with Crippen molar-refractivity contribution in [1.29, 1.82) is 0 Å². The van der Waals surface area contributed by atoms with Gasteiger partial charge in [0.1, 0.15) is 6.04 Å². The van der Waals surface area contributed by atoms with Crippen LogP contribution >= 0.6 is 0 Å². The highest BCUT2D eigenvalue weighted by Crippen LogP contribution is 2.46. The summed E-state index contributed by atoms with van der Waals surface area (Å²) in [5, 5.41) is 3.56. The molecule has 3 heterocycles. The number of carbonyl (C=O) groups excluding carboxylic acids is 1.